The van der Waals surface area contributed by atoms with Crippen molar-refractivity contribution in [2.45, 2.75) is 26.5 Å². The Balaban J connectivity index is 2.04. The zero-order chi connectivity index (χ0) is 17.0. The molecule has 0 aromatic heterocycles. The minimum absolute atomic E-state index is 0.0672. The van der Waals surface area contributed by atoms with Crippen LogP contribution in [-0.2, 0) is 6.54 Å². The normalized spacial score (nSPS) is 11.8. The second kappa shape index (κ2) is 7.35. The van der Waals surface area contributed by atoms with E-state index in [2.05, 4.69) is 10.6 Å². The molecule has 2 aromatic rings. The summed E-state index contributed by atoms with van der Waals surface area (Å²) in [7, 11) is 0. The number of hydrogen-bond donors (Lipinski definition) is 4. The van der Waals surface area contributed by atoms with Crippen LogP contribution in [0.3, 0.4) is 0 Å². The molecule has 0 radical (unpaired) electrons. The molecule has 0 saturated carbocycles. The summed E-state index contributed by atoms with van der Waals surface area (Å²) in [4.78, 5) is 12.0. The van der Waals surface area contributed by atoms with Gasteiger partial charge in [-0.3, -0.25) is 0 Å². The Labute approximate surface area is 139 Å². The number of benzene rings is 2. The van der Waals surface area contributed by atoms with Gasteiger partial charge in [-0.2, -0.15) is 0 Å². The van der Waals surface area contributed by atoms with Crippen molar-refractivity contribution in [3.05, 3.63) is 58.1 Å². The highest BCUT2D eigenvalue weighted by atomic mass is 35.5. The van der Waals surface area contributed by atoms with E-state index >= 15 is 0 Å². The number of nitrogens with one attached hydrogen (secondary N) is 2. The number of amides is 2. The number of carbonyl (C=O) groups is 1. The predicted octanol–water partition coefficient (Wildman–Crippen LogP) is 3.73. The molecule has 0 heterocycles. The van der Waals surface area contributed by atoms with Gasteiger partial charge in [0.05, 0.1) is 11.1 Å². The first-order chi connectivity index (χ1) is 10.9. The number of carbonyl (C=O) groups excluding carboxylic acids is 1. The van der Waals surface area contributed by atoms with Gasteiger partial charge in [0.25, 0.3) is 0 Å². The fourth-order valence-corrected chi connectivity index (χ4v) is 2.40. The van der Waals surface area contributed by atoms with Crippen molar-refractivity contribution in [2.24, 2.45) is 0 Å². The standard InChI is InChI=1S/C17H19ClN2O3/c1-10-5-3-4-6-12(10)9-19-17(23)20-13-7-14(11(2)21)16(22)15(18)8-13/h3-8,11,21-22H,9H2,1-2H3,(H2,19,20,23). The quantitative estimate of drug-likeness (QED) is 0.643. The molecule has 2 amide bonds. The number of hydrogen-bond acceptors (Lipinski definition) is 3. The highest BCUT2D eigenvalue weighted by Crippen LogP contribution is 2.34. The van der Waals surface area contributed by atoms with E-state index in [1.54, 1.807) is 0 Å². The van der Waals surface area contributed by atoms with Crippen LogP contribution >= 0.6 is 11.6 Å². The lowest BCUT2D eigenvalue weighted by atomic mass is 10.1. The average Bonchev–Trinajstić information content (AvgIpc) is 2.49. The number of halogens is 1. The number of aliphatic hydroxyl groups is 1. The molecule has 0 bridgehead atoms. The first kappa shape index (κ1) is 17.1. The molecule has 4 N–H and O–H groups in total. The van der Waals surface area contributed by atoms with E-state index in [0.29, 0.717) is 12.2 Å². The predicted molar refractivity (Wildman–Crippen MR) is 90.8 cm³/mol. The highest BCUT2D eigenvalue weighted by Gasteiger charge is 2.14. The summed E-state index contributed by atoms with van der Waals surface area (Å²) in [5, 5.41) is 24.9. The molecule has 0 aliphatic carbocycles. The maximum atomic E-state index is 12.0. The van der Waals surface area contributed by atoms with Crippen LogP contribution in [0, 0.1) is 6.92 Å². The van der Waals surface area contributed by atoms with Gasteiger partial charge < -0.3 is 20.8 Å². The Hall–Kier alpha value is -2.24. The molecule has 0 spiro atoms. The van der Waals surface area contributed by atoms with Gasteiger partial charge in [0.2, 0.25) is 0 Å². The molecule has 0 saturated heterocycles. The van der Waals surface area contributed by atoms with Gasteiger partial charge in [-0.15, -0.1) is 0 Å². The fraction of sp³-hybridized carbons (Fsp3) is 0.235. The largest absolute Gasteiger partial charge is 0.506 e. The first-order valence-electron chi connectivity index (χ1n) is 7.18. The molecular formula is C17H19ClN2O3. The molecule has 0 aliphatic rings. The molecule has 1 atom stereocenters. The lowest BCUT2D eigenvalue weighted by Crippen LogP contribution is -2.28. The maximum absolute atomic E-state index is 12.0. The molecule has 23 heavy (non-hydrogen) atoms. The minimum atomic E-state index is -0.899. The van der Waals surface area contributed by atoms with E-state index in [0.717, 1.165) is 11.1 Å². The zero-order valence-electron chi connectivity index (χ0n) is 12.9. The van der Waals surface area contributed by atoms with Crippen LogP contribution in [0.25, 0.3) is 0 Å². The Bertz CT molecular complexity index is 717. The molecule has 5 nitrogen and oxygen atoms in total. The van der Waals surface area contributed by atoms with Crippen molar-refractivity contribution in [1.82, 2.24) is 5.32 Å². The second-order valence-corrected chi connectivity index (χ2v) is 5.71. The lowest BCUT2D eigenvalue weighted by Gasteiger charge is -2.13. The Morgan fingerprint density at radius 2 is 2.00 bits per heavy atom. The van der Waals surface area contributed by atoms with Crippen LogP contribution < -0.4 is 10.6 Å². The Morgan fingerprint density at radius 1 is 1.30 bits per heavy atom. The third kappa shape index (κ3) is 4.37. The van der Waals surface area contributed by atoms with E-state index in [9.17, 15) is 15.0 Å². The van der Waals surface area contributed by atoms with E-state index < -0.39 is 12.1 Å². The van der Waals surface area contributed by atoms with Gasteiger partial charge >= 0.3 is 6.03 Å². The van der Waals surface area contributed by atoms with Crippen molar-refractivity contribution >= 4 is 23.3 Å². The molecule has 6 heteroatoms. The summed E-state index contributed by atoms with van der Waals surface area (Å²) in [6.07, 6.45) is -0.899. The molecule has 1 unspecified atom stereocenters. The number of rotatable bonds is 4. The minimum Gasteiger partial charge on any atom is -0.506 e. The lowest BCUT2D eigenvalue weighted by molar-refractivity contribution is 0.195. The molecule has 2 rings (SSSR count). The summed E-state index contributed by atoms with van der Waals surface area (Å²) < 4.78 is 0. The summed E-state index contributed by atoms with van der Waals surface area (Å²) in [5.41, 5.74) is 2.77. The van der Waals surface area contributed by atoms with Gasteiger partial charge in [0.15, 0.2) is 0 Å². The van der Waals surface area contributed by atoms with Gasteiger partial charge in [0.1, 0.15) is 5.75 Å². The Kier molecular flexibility index (Phi) is 5.47. The monoisotopic (exact) mass is 334 g/mol. The van der Waals surface area contributed by atoms with Crippen molar-refractivity contribution in [2.75, 3.05) is 5.32 Å². The van der Waals surface area contributed by atoms with Crippen LogP contribution in [0.4, 0.5) is 10.5 Å². The maximum Gasteiger partial charge on any atom is 0.319 e. The number of urea groups is 1. The molecule has 0 fully saturated rings. The van der Waals surface area contributed by atoms with E-state index in [1.165, 1.54) is 19.1 Å². The second-order valence-electron chi connectivity index (χ2n) is 5.31. The smallest absolute Gasteiger partial charge is 0.319 e. The van der Waals surface area contributed by atoms with Crippen molar-refractivity contribution in [3.63, 3.8) is 0 Å². The third-order valence-corrected chi connectivity index (χ3v) is 3.79. The van der Waals surface area contributed by atoms with Crippen LogP contribution in [0.1, 0.15) is 29.7 Å². The molecule has 122 valence electrons. The number of aryl methyl sites for hydroxylation is 1. The van der Waals surface area contributed by atoms with E-state index in [1.807, 2.05) is 31.2 Å². The zero-order valence-corrected chi connectivity index (χ0v) is 13.7. The molecule has 2 aromatic carbocycles. The molecular weight excluding hydrogens is 316 g/mol. The van der Waals surface area contributed by atoms with E-state index in [4.69, 9.17) is 11.6 Å². The number of aliphatic hydroxyl groups excluding tert-OH is 1. The number of anilines is 1. The SMILES string of the molecule is Cc1ccccc1CNC(=O)Nc1cc(Cl)c(O)c(C(C)O)c1. The molecule has 0 aliphatic heterocycles. The van der Waals surface area contributed by atoms with E-state index in [-0.39, 0.29) is 16.3 Å². The third-order valence-electron chi connectivity index (χ3n) is 3.50. The van der Waals surface area contributed by atoms with Crippen LogP contribution in [0.2, 0.25) is 5.02 Å². The van der Waals surface area contributed by atoms with Crippen molar-refractivity contribution in [3.8, 4) is 5.75 Å². The number of aromatic hydroxyl groups is 1. The summed E-state index contributed by atoms with van der Waals surface area (Å²) >= 11 is 5.91. The van der Waals surface area contributed by atoms with Gasteiger partial charge in [0, 0.05) is 17.8 Å². The first-order valence-corrected chi connectivity index (χ1v) is 7.56. The number of phenols is 1. The fourth-order valence-electron chi connectivity index (χ4n) is 2.17. The van der Waals surface area contributed by atoms with Crippen LogP contribution in [0.15, 0.2) is 36.4 Å². The summed E-state index contributed by atoms with van der Waals surface area (Å²) in [5.74, 6) is -0.187. The summed E-state index contributed by atoms with van der Waals surface area (Å²) in [6, 6.07) is 10.3. The van der Waals surface area contributed by atoms with Crippen molar-refractivity contribution in [1.29, 1.82) is 0 Å². The van der Waals surface area contributed by atoms with Gasteiger partial charge in [-0.05, 0) is 37.1 Å². The van der Waals surface area contributed by atoms with Crippen LogP contribution in [0.5, 0.6) is 5.75 Å². The van der Waals surface area contributed by atoms with Crippen LogP contribution in [-0.4, -0.2) is 16.2 Å². The number of phenolic OH excluding ortho intramolecular Hbond substituents is 1. The Morgan fingerprint density at radius 3 is 2.65 bits per heavy atom. The summed E-state index contributed by atoms with van der Waals surface area (Å²) in [6.45, 7) is 3.88. The average molecular weight is 335 g/mol. The topological polar surface area (TPSA) is 81.6 Å². The van der Waals surface area contributed by atoms with Gasteiger partial charge in [-0.1, -0.05) is 35.9 Å². The van der Waals surface area contributed by atoms with Gasteiger partial charge in [-0.25, -0.2) is 4.79 Å². The highest BCUT2D eigenvalue weighted by molar-refractivity contribution is 6.32. The van der Waals surface area contributed by atoms with Crippen molar-refractivity contribution < 1.29 is 15.0 Å².